The lowest BCUT2D eigenvalue weighted by Gasteiger charge is -2.30. The molecule has 0 unspecified atom stereocenters. The molecule has 0 aromatic heterocycles. The third kappa shape index (κ3) is 4.49. The summed E-state index contributed by atoms with van der Waals surface area (Å²) in [6, 6.07) is 16.1. The number of aliphatic imine (C=N–C) groups is 1. The van der Waals surface area contributed by atoms with Gasteiger partial charge in [-0.1, -0.05) is 29.3 Å². The molecule has 23 heavy (non-hydrogen) atoms. The lowest BCUT2D eigenvalue weighted by atomic mass is 10.1. The number of nitrogens with zero attached hydrogens (tertiary/aromatic N) is 2. The van der Waals surface area contributed by atoms with Crippen LogP contribution >= 0.6 is 11.6 Å². The van der Waals surface area contributed by atoms with E-state index in [1.54, 1.807) is 0 Å². The van der Waals surface area contributed by atoms with Gasteiger partial charge in [-0.25, -0.2) is 4.99 Å². The molecular weight excluding hydrogens is 306 g/mol. The molecule has 1 fully saturated rings. The highest BCUT2D eigenvalue weighted by Crippen LogP contribution is 2.19. The molecule has 0 saturated carbocycles. The minimum Gasteiger partial charge on any atom is -0.342 e. The Morgan fingerprint density at radius 2 is 1.61 bits per heavy atom. The highest BCUT2D eigenvalue weighted by Gasteiger charge is 2.15. The zero-order valence-corrected chi connectivity index (χ0v) is 14.2. The molecule has 0 amide bonds. The van der Waals surface area contributed by atoms with Crippen LogP contribution in [0.5, 0.6) is 0 Å². The molecule has 0 bridgehead atoms. The maximum absolute atomic E-state index is 5.97. The molecule has 2 aromatic rings. The number of nitrogens with one attached hydrogen (secondary N) is 1. The number of hydrogen-bond acceptors (Lipinski definition) is 1. The Bertz CT molecular complexity index is 656. The summed E-state index contributed by atoms with van der Waals surface area (Å²) in [6.07, 6.45) is 3.74. The summed E-state index contributed by atoms with van der Waals surface area (Å²) in [7, 11) is 0. The molecule has 120 valence electrons. The number of rotatable bonds is 2. The molecule has 3 rings (SSSR count). The first-order chi connectivity index (χ1) is 11.2. The van der Waals surface area contributed by atoms with Crippen molar-refractivity contribution < 1.29 is 0 Å². The monoisotopic (exact) mass is 327 g/mol. The fourth-order valence-corrected chi connectivity index (χ4v) is 2.81. The third-order valence-electron chi connectivity index (χ3n) is 4.02. The van der Waals surface area contributed by atoms with Gasteiger partial charge in [-0.2, -0.15) is 0 Å². The second-order valence-corrected chi connectivity index (χ2v) is 6.39. The SMILES string of the molecule is Cc1ccc(N=C(Nc2ccc(Cl)cc2)N2CCCCC2)cc1. The van der Waals surface area contributed by atoms with Gasteiger partial charge in [0, 0.05) is 23.8 Å². The Hall–Kier alpha value is -2.00. The van der Waals surface area contributed by atoms with E-state index in [0.717, 1.165) is 35.4 Å². The van der Waals surface area contributed by atoms with Crippen molar-refractivity contribution in [1.82, 2.24) is 4.90 Å². The van der Waals surface area contributed by atoms with Crippen LogP contribution in [0.4, 0.5) is 11.4 Å². The van der Waals surface area contributed by atoms with Crippen molar-refractivity contribution >= 4 is 28.9 Å². The predicted octanol–water partition coefficient (Wildman–Crippen LogP) is 5.23. The highest BCUT2D eigenvalue weighted by atomic mass is 35.5. The fourth-order valence-electron chi connectivity index (χ4n) is 2.69. The molecule has 1 heterocycles. The van der Waals surface area contributed by atoms with Gasteiger partial charge in [-0.3, -0.25) is 0 Å². The summed E-state index contributed by atoms with van der Waals surface area (Å²) < 4.78 is 0. The summed E-state index contributed by atoms with van der Waals surface area (Å²) in [4.78, 5) is 7.17. The predicted molar refractivity (Wildman–Crippen MR) is 98.8 cm³/mol. The minimum atomic E-state index is 0.741. The van der Waals surface area contributed by atoms with Gasteiger partial charge in [0.2, 0.25) is 5.96 Å². The van der Waals surface area contributed by atoms with Gasteiger partial charge in [0.15, 0.2) is 0 Å². The van der Waals surface area contributed by atoms with Gasteiger partial charge < -0.3 is 10.2 Å². The van der Waals surface area contributed by atoms with Crippen LogP contribution in [0.3, 0.4) is 0 Å². The number of aryl methyl sites for hydroxylation is 1. The third-order valence-corrected chi connectivity index (χ3v) is 4.28. The molecule has 1 saturated heterocycles. The van der Waals surface area contributed by atoms with Gasteiger partial charge in [0.05, 0.1) is 5.69 Å². The molecule has 0 radical (unpaired) electrons. The molecule has 1 aliphatic rings. The first-order valence-electron chi connectivity index (χ1n) is 8.13. The van der Waals surface area contributed by atoms with Crippen LogP contribution in [0.15, 0.2) is 53.5 Å². The van der Waals surface area contributed by atoms with E-state index in [0.29, 0.717) is 0 Å². The van der Waals surface area contributed by atoms with Crippen LogP contribution in [-0.4, -0.2) is 23.9 Å². The van der Waals surface area contributed by atoms with Crippen molar-refractivity contribution in [3.8, 4) is 0 Å². The van der Waals surface area contributed by atoms with Gasteiger partial charge in [0.1, 0.15) is 0 Å². The van der Waals surface area contributed by atoms with Crippen molar-refractivity contribution in [2.45, 2.75) is 26.2 Å². The van der Waals surface area contributed by atoms with Crippen molar-refractivity contribution in [1.29, 1.82) is 0 Å². The molecular formula is C19H22ClN3. The van der Waals surface area contributed by atoms with E-state index in [-0.39, 0.29) is 0 Å². The number of anilines is 1. The summed E-state index contributed by atoms with van der Waals surface area (Å²) in [5, 5.41) is 4.20. The molecule has 1 N–H and O–H groups in total. The Morgan fingerprint density at radius 1 is 0.957 bits per heavy atom. The molecule has 4 heteroatoms. The number of halogens is 1. The maximum atomic E-state index is 5.97. The average Bonchev–Trinajstić information content (AvgIpc) is 2.59. The zero-order chi connectivity index (χ0) is 16.1. The van der Waals surface area contributed by atoms with E-state index in [1.165, 1.54) is 24.8 Å². The van der Waals surface area contributed by atoms with E-state index in [2.05, 4.69) is 41.4 Å². The largest absolute Gasteiger partial charge is 0.342 e. The standard InChI is InChI=1S/C19H22ClN3/c1-15-5-9-17(10-6-15)21-19(23-13-3-2-4-14-23)22-18-11-7-16(20)8-12-18/h5-12H,2-4,13-14H2,1H3,(H,21,22). The molecule has 3 nitrogen and oxygen atoms in total. The molecule has 1 aliphatic heterocycles. The van der Waals surface area contributed by atoms with Gasteiger partial charge in [-0.05, 0) is 62.6 Å². The fraction of sp³-hybridized carbons (Fsp3) is 0.316. The van der Waals surface area contributed by atoms with E-state index >= 15 is 0 Å². The van der Waals surface area contributed by atoms with Crippen LogP contribution in [-0.2, 0) is 0 Å². The number of guanidine groups is 1. The summed E-state index contributed by atoms with van der Waals surface area (Å²) in [5.41, 5.74) is 3.22. The van der Waals surface area contributed by atoms with Crippen LogP contribution in [0, 0.1) is 6.92 Å². The van der Waals surface area contributed by atoms with Crippen LogP contribution < -0.4 is 5.32 Å². The van der Waals surface area contributed by atoms with Crippen molar-refractivity contribution in [2.24, 2.45) is 4.99 Å². The van der Waals surface area contributed by atoms with Crippen molar-refractivity contribution in [3.05, 3.63) is 59.1 Å². The smallest absolute Gasteiger partial charge is 0.203 e. The average molecular weight is 328 g/mol. The first kappa shape index (κ1) is 15.9. The van der Waals surface area contributed by atoms with E-state index in [4.69, 9.17) is 16.6 Å². The number of likely N-dealkylation sites (tertiary alicyclic amines) is 1. The Balaban J connectivity index is 1.86. The molecule has 2 aromatic carbocycles. The summed E-state index contributed by atoms with van der Waals surface area (Å²) >= 11 is 5.97. The van der Waals surface area contributed by atoms with Crippen LogP contribution in [0.1, 0.15) is 24.8 Å². The lowest BCUT2D eigenvalue weighted by Crippen LogP contribution is -2.39. The van der Waals surface area contributed by atoms with E-state index in [1.807, 2.05) is 24.3 Å². The van der Waals surface area contributed by atoms with E-state index < -0.39 is 0 Å². The second-order valence-electron chi connectivity index (χ2n) is 5.95. The Morgan fingerprint density at radius 3 is 2.26 bits per heavy atom. The molecule has 0 spiro atoms. The molecule has 0 aliphatic carbocycles. The molecule has 0 atom stereocenters. The number of hydrogen-bond donors (Lipinski definition) is 1. The topological polar surface area (TPSA) is 27.6 Å². The summed E-state index contributed by atoms with van der Waals surface area (Å²) in [5.74, 6) is 0.913. The highest BCUT2D eigenvalue weighted by molar-refractivity contribution is 6.30. The quantitative estimate of drug-likeness (QED) is 0.604. The Labute approximate surface area is 143 Å². The van der Waals surface area contributed by atoms with Gasteiger partial charge in [-0.15, -0.1) is 0 Å². The zero-order valence-electron chi connectivity index (χ0n) is 13.4. The lowest BCUT2D eigenvalue weighted by molar-refractivity contribution is 0.341. The summed E-state index contributed by atoms with van der Waals surface area (Å²) in [6.45, 7) is 4.18. The number of benzene rings is 2. The van der Waals surface area contributed by atoms with Gasteiger partial charge in [0.25, 0.3) is 0 Å². The van der Waals surface area contributed by atoms with Crippen molar-refractivity contribution in [2.75, 3.05) is 18.4 Å². The Kier molecular flexibility index (Phi) is 5.19. The van der Waals surface area contributed by atoms with E-state index in [9.17, 15) is 0 Å². The first-order valence-corrected chi connectivity index (χ1v) is 8.51. The normalized spacial score (nSPS) is 15.6. The minimum absolute atomic E-state index is 0.741. The maximum Gasteiger partial charge on any atom is 0.203 e. The second kappa shape index (κ2) is 7.51. The van der Waals surface area contributed by atoms with Crippen LogP contribution in [0.25, 0.3) is 0 Å². The van der Waals surface area contributed by atoms with Gasteiger partial charge >= 0.3 is 0 Å². The number of piperidine rings is 1. The van der Waals surface area contributed by atoms with Crippen molar-refractivity contribution in [3.63, 3.8) is 0 Å². The van der Waals surface area contributed by atoms with Crippen LogP contribution in [0.2, 0.25) is 5.02 Å².